The minimum Gasteiger partial charge on any atom is -0.478 e. The summed E-state index contributed by atoms with van der Waals surface area (Å²) in [6, 6.07) is 0. The van der Waals surface area contributed by atoms with Crippen molar-refractivity contribution in [2.24, 2.45) is 0 Å². The van der Waals surface area contributed by atoms with Crippen molar-refractivity contribution >= 4 is 11.9 Å². The molecule has 0 aromatic heterocycles. The fourth-order valence-electron chi connectivity index (χ4n) is 0.621. The zero-order valence-corrected chi connectivity index (χ0v) is 9.19. The molecule has 0 saturated heterocycles. The van der Waals surface area contributed by atoms with E-state index in [9.17, 15) is 9.59 Å². The van der Waals surface area contributed by atoms with E-state index in [1.54, 1.807) is 0 Å². The van der Waals surface area contributed by atoms with Crippen LogP contribution in [0.5, 0.6) is 0 Å². The van der Waals surface area contributed by atoms with Crippen molar-refractivity contribution < 1.29 is 19.8 Å². The highest BCUT2D eigenvalue weighted by molar-refractivity contribution is 5.89. The molecule has 0 heterocycles. The number of carbonyl (C=O) groups is 2. The monoisotopic (exact) mass is 217 g/mol. The van der Waals surface area contributed by atoms with E-state index in [0.717, 1.165) is 6.54 Å². The number of rotatable bonds is 6. The minimum absolute atomic E-state index is 0.558. The number of nitrogens with one attached hydrogen (secondary N) is 1. The van der Waals surface area contributed by atoms with Gasteiger partial charge in [0.2, 0.25) is 0 Å². The predicted octanol–water partition coefficient (Wildman–Crippen LogP) is 1.11. The third-order valence-electron chi connectivity index (χ3n) is 1.33. The summed E-state index contributed by atoms with van der Waals surface area (Å²) in [7, 11) is 0. The van der Waals surface area contributed by atoms with Gasteiger partial charge in [0.1, 0.15) is 0 Å². The third kappa shape index (κ3) is 24.5. The van der Waals surface area contributed by atoms with Gasteiger partial charge in [-0.25, -0.2) is 9.59 Å². The maximum atomic E-state index is 9.55. The maximum absolute atomic E-state index is 9.55. The summed E-state index contributed by atoms with van der Waals surface area (Å²) in [5.41, 5.74) is 0. The zero-order chi connectivity index (χ0) is 12.1. The Labute approximate surface area is 89.8 Å². The first-order chi connectivity index (χ1) is 7.04. The summed E-state index contributed by atoms with van der Waals surface area (Å²) < 4.78 is 0. The van der Waals surface area contributed by atoms with Crippen molar-refractivity contribution in [3.63, 3.8) is 0 Å². The van der Waals surface area contributed by atoms with Crippen LogP contribution in [-0.2, 0) is 9.59 Å². The number of aliphatic carboxylic acids is 2. The first-order valence-corrected chi connectivity index (χ1v) is 4.89. The zero-order valence-electron chi connectivity index (χ0n) is 9.19. The van der Waals surface area contributed by atoms with Crippen LogP contribution in [-0.4, -0.2) is 35.2 Å². The molecule has 0 amide bonds. The van der Waals surface area contributed by atoms with Gasteiger partial charge in [-0.2, -0.15) is 0 Å². The van der Waals surface area contributed by atoms with Crippen LogP contribution in [0, 0.1) is 0 Å². The van der Waals surface area contributed by atoms with Crippen molar-refractivity contribution in [2.75, 3.05) is 13.1 Å². The lowest BCUT2D eigenvalue weighted by molar-refractivity contribution is -0.134. The van der Waals surface area contributed by atoms with Gasteiger partial charge in [0.05, 0.1) is 0 Å². The Balaban J connectivity index is 0. The average molecular weight is 217 g/mol. The van der Waals surface area contributed by atoms with Crippen LogP contribution in [0.2, 0.25) is 0 Å². The van der Waals surface area contributed by atoms with Crippen LogP contribution in [0.3, 0.4) is 0 Å². The van der Waals surface area contributed by atoms with Crippen LogP contribution in [0.4, 0.5) is 0 Å². The summed E-state index contributed by atoms with van der Waals surface area (Å²) in [5.74, 6) is -2.51. The molecule has 0 atom stereocenters. The lowest BCUT2D eigenvalue weighted by atomic mass is 10.3. The molecular weight excluding hydrogens is 198 g/mol. The smallest absolute Gasteiger partial charge is 0.328 e. The summed E-state index contributed by atoms with van der Waals surface area (Å²) in [4.78, 5) is 19.1. The van der Waals surface area contributed by atoms with E-state index < -0.39 is 11.9 Å². The molecule has 0 radical (unpaired) electrons. The molecule has 0 aliphatic carbocycles. The summed E-state index contributed by atoms with van der Waals surface area (Å²) in [6.07, 6.45) is 3.73. The Morgan fingerprint density at radius 1 is 1.13 bits per heavy atom. The molecule has 3 N–H and O–H groups in total. The molecule has 0 aromatic rings. The first-order valence-electron chi connectivity index (χ1n) is 4.89. The molecule has 0 spiro atoms. The molecule has 0 aromatic carbocycles. The Bertz CT molecular complexity index is 182. The molecule has 5 heteroatoms. The van der Waals surface area contributed by atoms with Crippen LogP contribution in [0.15, 0.2) is 12.2 Å². The lowest BCUT2D eigenvalue weighted by Gasteiger charge is -1.95. The van der Waals surface area contributed by atoms with Crippen molar-refractivity contribution in [3.05, 3.63) is 12.2 Å². The number of hydrogen-bond acceptors (Lipinski definition) is 3. The average Bonchev–Trinajstić information content (AvgIpc) is 2.17. The number of carboxylic acids is 2. The van der Waals surface area contributed by atoms with Crippen LogP contribution in [0.1, 0.15) is 26.7 Å². The van der Waals surface area contributed by atoms with Gasteiger partial charge >= 0.3 is 11.9 Å². The van der Waals surface area contributed by atoms with E-state index in [-0.39, 0.29) is 0 Å². The van der Waals surface area contributed by atoms with E-state index in [0.29, 0.717) is 12.2 Å². The molecule has 0 fully saturated rings. The molecule has 88 valence electrons. The molecule has 15 heavy (non-hydrogen) atoms. The Hall–Kier alpha value is -1.36. The molecule has 0 rings (SSSR count). The van der Waals surface area contributed by atoms with Crippen molar-refractivity contribution in [1.82, 2.24) is 5.32 Å². The number of carboxylic acid groups (broad SMARTS) is 2. The van der Waals surface area contributed by atoms with Crippen LogP contribution in [0.25, 0.3) is 0 Å². The van der Waals surface area contributed by atoms with E-state index in [1.807, 2.05) is 0 Å². The minimum atomic E-state index is -1.26. The predicted molar refractivity (Wildman–Crippen MR) is 57.9 cm³/mol. The largest absolute Gasteiger partial charge is 0.478 e. The molecular formula is C10H19NO4. The second kappa shape index (κ2) is 12.6. The number of hydrogen-bond donors (Lipinski definition) is 3. The number of unbranched alkanes of at least 4 members (excludes halogenated alkanes) is 1. The Morgan fingerprint density at radius 2 is 1.60 bits per heavy atom. The Morgan fingerprint density at radius 3 is 1.87 bits per heavy atom. The maximum Gasteiger partial charge on any atom is 0.328 e. The highest BCUT2D eigenvalue weighted by atomic mass is 16.4. The van der Waals surface area contributed by atoms with Gasteiger partial charge in [0, 0.05) is 12.2 Å². The molecule has 0 bridgehead atoms. The molecule has 0 saturated carbocycles. The van der Waals surface area contributed by atoms with Crippen molar-refractivity contribution in [3.8, 4) is 0 Å². The SMILES string of the molecule is CCCCNCC.O=C(O)C=CC(=O)O. The van der Waals surface area contributed by atoms with Gasteiger partial charge in [-0.1, -0.05) is 20.3 Å². The van der Waals surface area contributed by atoms with Crippen molar-refractivity contribution in [2.45, 2.75) is 26.7 Å². The van der Waals surface area contributed by atoms with Gasteiger partial charge in [-0.15, -0.1) is 0 Å². The topological polar surface area (TPSA) is 86.6 Å². The summed E-state index contributed by atoms with van der Waals surface area (Å²) in [6.45, 7) is 6.64. The highest BCUT2D eigenvalue weighted by Gasteiger charge is 1.88. The lowest BCUT2D eigenvalue weighted by Crippen LogP contribution is -2.13. The summed E-state index contributed by atoms with van der Waals surface area (Å²) in [5, 5.41) is 18.9. The second-order valence-corrected chi connectivity index (χ2v) is 2.72. The van der Waals surface area contributed by atoms with E-state index in [2.05, 4.69) is 19.2 Å². The van der Waals surface area contributed by atoms with Crippen LogP contribution >= 0.6 is 0 Å². The van der Waals surface area contributed by atoms with Crippen LogP contribution < -0.4 is 5.32 Å². The molecule has 0 aliphatic heterocycles. The van der Waals surface area contributed by atoms with Gasteiger partial charge in [0.25, 0.3) is 0 Å². The standard InChI is InChI=1S/C6H15N.C4H4O4/c1-3-5-6-7-4-2;5-3(6)1-2-4(7)8/h7H,3-6H2,1-2H3;1-2H,(H,5,6)(H,7,8). The normalized spacial score (nSPS) is 9.47. The van der Waals surface area contributed by atoms with Gasteiger partial charge < -0.3 is 15.5 Å². The molecule has 0 aliphatic rings. The third-order valence-corrected chi connectivity index (χ3v) is 1.33. The van der Waals surface area contributed by atoms with E-state index in [4.69, 9.17) is 10.2 Å². The fraction of sp³-hybridized carbons (Fsp3) is 0.600. The van der Waals surface area contributed by atoms with Gasteiger partial charge in [-0.05, 0) is 19.5 Å². The first kappa shape index (κ1) is 16.1. The van der Waals surface area contributed by atoms with E-state index >= 15 is 0 Å². The summed E-state index contributed by atoms with van der Waals surface area (Å²) >= 11 is 0. The molecule has 0 unspecified atom stereocenters. The fourth-order valence-corrected chi connectivity index (χ4v) is 0.621. The van der Waals surface area contributed by atoms with Gasteiger partial charge in [-0.3, -0.25) is 0 Å². The Kier molecular flexibility index (Phi) is 13.6. The molecule has 5 nitrogen and oxygen atoms in total. The van der Waals surface area contributed by atoms with Crippen molar-refractivity contribution in [1.29, 1.82) is 0 Å². The van der Waals surface area contributed by atoms with Gasteiger partial charge in [0.15, 0.2) is 0 Å². The van der Waals surface area contributed by atoms with E-state index in [1.165, 1.54) is 19.4 Å². The quantitative estimate of drug-likeness (QED) is 0.458. The highest BCUT2D eigenvalue weighted by Crippen LogP contribution is 1.80. The second-order valence-electron chi connectivity index (χ2n) is 2.72.